The van der Waals surface area contributed by atoms with E-state index in [0.717, 1.165) is 0 Å². The molecule has 0 unspecified atom stereocenters. The largest absolute Gasteiger partial charge is 0.328 e. The van der Waals surface area contributed by atoms with E-state index in [2.05, 4.69) is 14.7 Å². The van der Waals surface area contributed by atoms with Gasteiger partial charge >= 0.3 is 0 Å². The van der Waals surface area contributed by atoms with Crippen LogP contribution in [0.3, 0.4) is 0 Å². The number of anilines is 1. The molecule has 6 nitrogen and oxygen atoms in total. The van der Waals surface area contributed by atoms with Crippen LogP contribution in [0.15, 0.2) is 52.4 Å². The van der Waals surface area contributed by atoms with Gasteiger partial charge in [0.1, 0.15) is 5.82 Å². The zero-order chi connectivity index (χ0) is 12.3. The van der Waals surface area contributed by atoms with Crippen molar-refractivity contribution in [2.45, 2.75) is 4.90 Å². The Balaban J connectivity index is 2.39. The van der Waals surface area contributed by atoms with Gasteiger partial charge in [0, 0.05) is 12.4 Å². The molecule has 0 saturated carbocycles. The summed E-state index contributed by atoms with van der Waals surface area (Å²) in [5.41, 5.74) is -0.670. The predicted molar refractivity (Wildman–Crippen MR) is 62.1 cm³/mol. The Labute approximate surface area is 97.4 Å². The Morgan fingerprint density at radius 3 is 2.65 bits per heavy atom. The molecule has 0 fully saturated rings. The molecular formula is C10H9N3O3S. The quantitative estimate of drug-likeness (QED) is 0.834. The van der Waals surface area contributed by atoms with Crippen molar-refractivity contribution in [2.24, 2.45) is 0 Å². The minimum absolute atomic E-state index is 0.163. The third kappa shape index (κ3) is 2.51. The van der Waals surface area contributed by atoms with Crippen molar-refractivity contribution >= 4 is 15.8 Å². The number of hydrogen-bond donors (Lipinski definition) is 2. The van der Waals surface area contributed by atoms with Crippen molar-refractivity contribution in [2.75, 3.05) is 4.72 Å². The maximum Gasteiger partial charge on any atom is 0.268 e. The van der Waals surface area contributed by atoms with Crippen LogP contribution in [0.2, 0.25) is 0 Å². The van der Waals surface area contributed by atoms with Crippen LogP contribution >= 0.6 is 0 Å². The molecule has 2 aromatic heterocycles. The molecule has 0 aliphatic heterocycles. The van der Waals surface area contributed by atoms with Crippen molar-refractivity contribution in [3.63, 3.8) is 0 Å². The maximum absolute atomic E-state index is 11.9. The van der Waals surface area contributed by atoms with Gasteiger partial charge in [0.2, 0.25) is 0 Å². The lowest BCUT2D eigenvalue weighted by atomic mass is 10.5. The molecule has 0 aliphatic carbocycles. The number of nitrogens with zero attached hydrogens (tertiary/aromatic N) is 1. The zero-order valence-corrected chi connectivity index (χ0v) is 9.44. The van der Waals surface area contributed by atoms with E-state index in [0.29, 0.717) is 0 Å². The van der Waals surface area contributed by atoms with Gasteiger partial charge in [-0.1, -0.05) is 6.07 Å². The second-order valence-electron chi connectivity index (χ2n) is 3.18. The first-order valence-electron chi connectivity index (χ1n) is 4.71. The second-order valence-corrected chi connectivity index (χ2v) is 4.83. The molecule has 0 radical (unpaired) electrons. The molecular weight excluding hydrogens is 242 g/mol. The maximum atomic E-state index is 11.9. The standard InChI is InChI=1S/C10H9N3O3S/c14-10-8(4-3-7-12-10)17(15,16)13-9-5-1-2-6-11-9/h1-7H,(H,11,13)(H,12,14). The highest BCUT2D eigenvalue weighted by atomic mass is 32.2. The number of pyridine rings is 2. The van der Waals surface area contributed by atoms with E-state index in [-0.39, 0.29) is 10.7 Å². The Hall–Kier alpha value is -2.15. The molecule has 17 heavy (non-hydrogen) atoms. The summed E-state index contributed by atoms with van der Waals surface area (Å²) < 4.78 is 25.9. The van der Waals surface area contributed by atoms with Crippen LogP contribution in [0.1, 0.15) is 0 Å². The van der Waals surface area contributed by atoms with E-state index in [1.807, 2.05) is 0 Å². The van der Waals surface area contributed by atoms with Crippen molar-refractivity contribution in [1.82, 2.24) is 9.97 Å². The topological polar surface area (TPSA) is 91.9 Å². The summed E-state index contributed by atoms with van der Waals surface area (Å²) in [5, 5.41) is 0. The Morgan fingerprint density at radius 1 is 1.18 bits per heavy atom. The fourth-order valence-corrected chi connectivity index (χ4v) is 2.30. The third-order valence-corrected chi connectivity index (χ3v) is 3.35. The second kappa shape index (κ2) is 4.38. The first-order valence-corrected chi connectivity index (χ1v) is 6.19. The molecule has 0 amide bonds. The highest BCUT2D eigenvalue weighted by molar-refractivity contribution is 7.92. The van der Waals surface area contributed by atoms with Crippen molar-refractivity contribution < 1.29 is 8.42 Å². The van der Waals surface area contributed by atoms with Crippen LogP contribution in [0.4, 0.5) is 5.82 Å². The van der Waals surface area contributed by atoms with E-state index in [4.69, 9.17) is 0 Å². The average Bonchev–Trinajstić information content (AvgIpc) is 2.30. The van der Waals surface area contributed by atoms with Gasteiger partial charge in [0.05, 0.1) is 0 Å². The van der Waals surface area contributed by atoms with Gasteiger partial charge in [-0.15, -0.1) is 0 Å². The van der Waals surface area contributed by atoms with E-state index in [1.54, 1.807) is 12.1 Å². The van der Waals surface area contributed by atoms with Crippen LogP contribution in [0.5, 0.6) is 0 Å². The summed E-state index contributed by atoms with van der Waals surface area (Å²) in [7, 11) is -3.90. The minimum atomic E-state index is -3.90. The highest BCUT2D eigenvalue weighted by Crippen LogP contribution is 2.09. The van der Waals surface area contributed by atoms with E-state index < -0.39 is 15.6 Å². The number of aromatic nitrogens is 2. The lowest BCUT2D eigenvalue weighted by Crippen LogP contribution is -2.22. The van der Waals surface area contributed by atoms with Crippen LogP contribution < -0.4 is 10.3 Å². The SMILES string of the molecule is O=c1[nH]cccc1S(=O)(=O)Nc1ccccn1. The number of hydrogen-bond acceptors (Lipinski definition) is 4. The third-order valence-electron chi connectivity index (χ3n) is 1.98. The summed E-state index contributed by atoms with van der Waals surface area (Å²) in [6, 6.07) is 7.46. The van der Waals surface area contributed by atoms with Gasteiger partial charge in [-0.2, -0.15) is 0 Å². The predicted octanol–water partition coefficient (Wildman–Crippen LogP) is 0.571. The molecule has 2 heterocycles. The number of aromatic amines is 1. The van der Waals surface area contributed by atoms with Gasteiger partial charge < -0.3 is 4.98 Å². The molecule has 2 N–H and O–H groups in total. The van der Waals surface area contributed by atoms with Crippen LogP contribution in [0, 0.1) is 0 Å². The fraction of sp³-hybridized carbons (Fsp3) is 0. The Bertz CT molecular complexity index is 664. The number of sulfonamides is 1. The highest BCUT2D eigenvalue weighted by Gasteiger charge is 2.17. The number of rotatable bonds is 3. The lowest BCUT2D eigenvalue weighted by molar-refractivity contribution is 0.599. The van der Waals surface area contributed by atoms with Gasteiger partial charge in [-0.25, -0.2) is 13.4 Å². The molecule has 88 valence electrons. The van der Waals surface area contributed by atoms with Crippen molar-refractivity contribution in [1.29, 1.82) is 0 Å². The minimum Gasteiger partial charge on any atom is -0.328 e. The molecule has 0 aromatic carbocycles. The normalized spacial score (nSPS) is 11.1. The Kier molecular flexibility index (Phi) is 2.92. The van der Waals surface area contributed by atoms with Gasteiger partial charge in [-0.3, -0.25) is 9.52 Å². The van der Waals surface area contributed by atoms with Crippen molar-refractivity contribution in [3.8, 4) is 0 Å². The molecule has 0 spiro atoms. The summed E-state index contributed by atoms with van der Waals surface area (Å²) in [5.74, 6) is 0.163. The molecule has 0 atom stereocenters. The van der Waals surface area contributed by atoms with Crippen molar-refractivity contribution in [3.05, 3.63) is 53.1 Å². The average molecular weight is 251 g/mol. The number of H-pyrrole nitrogens is 1. The summed E-state index contributed by atoms with van der Waals surface area (Å²) >= 11 is 0. The van der Waals surface area contributed by atoms with Crippen LogP contribution in [-0.4, -0.2) is 18.4 Å². The van der Waals surface area contributed by atoms with Crippen LogP contribution in [0.25, 0.3) is 0 Å². The summed E-state index contributed by atoms with van der Waals surface area (Å²) in [6.45, 7) is 0. The van der Waals surface area contributed by atoms with E-state index >= 15 is 0 Å². The zero-order valence-electron chi connectivity index (χ0n) is 8.62. The Morgan fingerprint density at radius 2 is 2.00 bits per heavy atom. The van der Waals surface area contributed by atoms with E-state index in [9.17, 15) is 13.2 Å². The summed E-state index contributed by atoms with van der Waals surface area (Å²) in [6.07, 6.45) is 2.81. The van der Waals surface area contributed by atoms with Gasteiger partial charge in [-0.05, 0) is 24.3 Å². The number of nitrogens with one attached hydrogen (secondary N) is 2. The fourth-order valence-electron chi connectivity index (χ4n) is 1.23. The molecule has 0 bridgehead atoms. The van der Waals surface area contributed by atoms with Gasteiger partial charge in [0.15, 0.2) is 4.90 Å². The van der Waals surface area contributed by atoms with E-state index in [1.165, 1.54) is 30.6 Å². The molecule has 0 aliphatic rings. The summed E-state index contributed by atoms with van der Waals surface area (Å²) in [4.78, 5) is 17.1. The smallest absolute Gasteiger partial charge is 0.268 e. The van der Waals surface area contributed by atoms with Gasteiger partial charge in [0.25, 0.3) is 15.6 Å². The van der Waals surface area contributed by atoms with Crippen LogP contribution in [-0.2, 0) is 10.0 Å². The first-order chi connectivity index (χ1) is 8.09. The molecule has 2 aromatic rings. The lowest BCUT2D eigenvalue weighted by Gasteiger charge is -2.05. The molecule has 0 saturated heterocycles. The molecule has 2 rings (SSSR count). The molecule has 7 heteroatoms. The monoisotopic (exact) mass is 251 g/mol. The first kappa shape index (κ1) is 11.3.